The first-order valence-corrected chi connectivity index (χ1v) is 14.2. The van der Waals surface area contributed by atoms with E-state index in [0.29, 0.717) is 5.41 Å². The first-order valence-electron chi connectivity index (χ1n) is 13.8. The van der Waals surface area contributed by atoms with Gasteiger partial charge in [0.1, 0.15) is 5.82 Å². The lowest BCUT2D eigenvalue weighted by Gasteiger charge is -2.56. The van der Waals surface area contributed by atoms with Gasteiger partial charge in [0.2, 0.25) is 0 Å². The monoisotopic (exact) mass is 479 g/mol. The maximum Gasteiger partial charge on any atom is 0.199 e. The lowest BCUT2D eigenvalue weighted by atomic mass is 9.49. The molecular weight excluding hydrogens is 438 g/mol. The number of rotatable bonds is 8. The molecule has 0 radical (unpaired) electrons. The molecule has 184 valence electrons. The first kappa shape index (κ1) is 22.9. The van der Waals surface area contributed by atoms with Gasteiger partial charge in [-0.3, -0.25) is 9.80 Å². The van der Waals surface area contributed by atoms with E-state index in [1.807, 2.05) is 0 Å². The Labute approximate surface area is 210 Å². The summed E-state index contributed by atoms with van der Waals surface area (Å²) in [6.45, 7) is 9.62. The molecule has 1 saturated heterocycles. The van der Waals surface area contributed by atoms with Gasteiger partial charge in [-0.1, -0.05) is 43.7 Å². The third-order valence-electron chi connectivity index (χ3n) is 9.22. The molecule has 0 unspecified atom stereocenters. The minimum absolute atomic E-state index is 0.301. The highest BCUT2D eigenvalue weighted by Crippen LogP contribution is 2.60. The van der Waals surface area contributed by atoms with Crippen molar-refractivity contribution in [1.82, 2.24) is 24.1 Å². The van der Waals surface area contributed by atoms with E-state index in [1.54, 1.807) is 0 Å². The van der Waals surface area contributed by atoms with Crippen molar-refractivity contribution in [3.63, 3.8) is 0 Å². The fourth-order valence-electron chi connectivity index (χ4n) is 7.95. The topological polar surface area (TPSA) is 29.2 Å². The van der Waals surface area contributed by atoms with E-state index in [-0.39, 0.29) is 0 Å². The van der Waals surface area contributed by atoms with E-state index in [9.17, 15) is 0 Å². The van der Waals surface area contributed by atoms with Crippen LogP contribution in [0.3, 0.4) is 0 Å². The molecule has 5 fully saturated rings. The minimum Gasteiger partial charge on any atom is -0.303 e. The van der Waals surface area contributed by atoms with Gasteiger partial charge in [0, 0.05) is 44.7 Å². The van der Waals surface area contributed by atoms with Crippen molar-refractivity contribution in [1.29, 1.82) is 0 Å². The Balaban J connectivity index is 1.18. The molecule has 2 aromatic rings. The predicted octanol–water partition coefficient (Wildman–Crippen LogP) is 5.46. The van der Waals surface area contributed by atoms with Crippen LogP contribution in [0.5, 0.6) is 0 Å². The van der Waals surface area contributed by atoms with E-state index in [0.717, 1.165) is 68.5 Å². The van der Waals surface area contributed by atoms with Gasteiger partial charge in [-0.2, -0.15) is 5.10 Å². The van der Waals surface area contributed by atoms with E-state index < -0.39 is 0 Å². The third-order valence-corrected chi connectivity index (χ3v) is 9.65. The maximum atomic E-state index is 6.09. The Kier molecular flexibility index (Phi) is 6.42. The third kappa shape index (κ3) is 4.42. The molecule has 4 bridgehead atoms. The van der Waals surface area contributed by atoms with E-state index in [4.69, 9.17) is 17.3 Å². The number of hydrogen-bond donors (Lipinski definition) is 0. The van der Waals surface area contributed by atoms with E-state index in [1.165, 1.54) is 62.8 Å². The normalized spacial score (nSPS) is 31.4. The van der Waals surface area contributed by atoms with Gasteiger partial charge in [-0.05, 0) is 80.5 Å². The Morgan fingerprint density at radius 3 is 2.15 bits per heavy atom. The van der Waals surface area contributed by atoms with Crippen molar-refractivity contribution in [2.45, 2.75) is 83.5 Å². The lowest BCUT2D eigenvalue weighted by Crippen LogP contribution is -2.50. The van der Waals surface area contributed by atoms with E-state index in [2.05, 4.69) is 56.3 Å². The summed E-state index contributed by atoms with van der Waals surface area (Å²) in [5.41, 5.74) is 1.71. The number of hydrogen-bond acceptors (Lipinski definition) is 4. The largest absolute Gasteiger partial charge is 0.303 e. The number of piperazine rings is 1. The molecule has 6 heteroatoms. The SMILES string of the molecule is CCCCn1c(C23CC4CC(CC(C4)C2)C3)nn(CN2CCN(Cc3ccccc3)CC2)c1=S. The molecule has 5 nitrogen and oxygen atoms in total. The molecule has 0 amide bonds. The van der Waals surface area contributed by atoms with Gasteiger partial charge in [0.15, 0.2) is 4.77 Å². The van der Waals surface area contributed by atoms with Crippen molar-refractivity contribution >= 4 is 12.2 Å². The first-order chi connectivity index (χ1) is 16.6. The van der Waals surface area contributed by atoms with Crippen LogP contribution in [0.1, 0.15) is 69.7 Å². The molecule has 34 heavy (non-hydrogen) atoms. The fraction of sp³-hybridized carbons (Fsp3) is 0.714. The van der Waals surface area contributed by atoms with Crippen LogP contribution in [-0.2, 0) is 25.2 Å². The Bertz CT molecular complexity index is 998. The molecule has 7 rings (SSSR count). The van der Waals surface area contributed by atoms with Crippen LogP contribution in [0.25, 0.3) is 0 Å². The highest BCUT2D eigenvalue weighted by molar-refractivity contribution is 7.71. The second-order valence-corrected chi connectivity index (χ2v) is 12.2. The van der Waals surface area contributed by atoms with Crippen molar-refractivity contribution < 1.29 is 0 Å². The standard InChI is InChI=1S/C28H41N5S/c1-2-3-9-32-26(28-17-23-14-24(18-28)16-25(15-23)19-28)29-33(27(32)34)21-31-12-10-30(11-13-31)20-22-7-5-4-6-8-22/h4-8,23-25H,2-3,9-21H2,1H3. The van der Waals surface area contributed by atoms with Crippen LogP contribution in [-0.4, -0.2) is 50.3 Å². The Morgan fingerprint density at radius 1 is 0.912 bits per heavy atom. The number of aromatic nitrogens is 3. The van der Waals surface area contributed by atoms with Crippen LogP contribution in [0.4, 0.5) is 0 Å². The van der Waals surface area contributed by atoms with Crippen molar-refractivity contribution in [2.24, 2.45) is 17.8 Å². The van der Waals surface area contributed by atoms with Gasteiger partial charge in [-0.25, -0.2) is 4.68 Å². The molecular formula is C28H41N5S. The summed E-state index contributed by atoms with van der Waals surface area (Å²) in [5, 5.41) is 5.35. The Morgan fingerprint density at radius 2 is 1.53 bits per heavy atom. The van der Waals surface area contributed by atoms with Gasteiger partial charge in [0.25, 0.3) is 0 Å². The molecule has 4 aliphatic carbocycles. The zero-order valence-corrected chi connectivity index (χ0v) is 21.7. The predicted molar refractivity (Wildman–Crippen MR) is 139 cm³/mol. The number of benzene rings is 1. The summed E-state index contributed by atoms with van der Waals surface area (Å²) in [6.07, 6.45) is 10.9. The summed E-state index contributed by atoms with van der Waals surface area (Å²) in [4.78, 5) is 5.13. The number of nitrogens with zero attached hydrogens (tertiary/aromatic N) is 5. The van der Waals surface area contributed by atoms with Gasteiger partial charge in [-0.15, -0.1) is 0 Å². The molecule has 0 spiro atoms. The lowest BCUT2D eigenvalue weighted by molar-refractivity contribution is -0.0116. The highest BCUT2D eigenvalue weighted by Gasteiger charge is 2.54. The Hall–Kier alpha value is -1.50. The second-order valence-electron chi connectivity index (χ2n) is 11.8. The summed E-state index contributed by atoms with van der Waals surface area (Å²) >= 11 is 6.09. The van der Waals surface area contributed by atoms with Crippen LogP contribution in [0, 0.1) is 22.5 Å². The van der Waals surface area contributed by atoms with Gasteiger partial charge < -0.3 is 4.57 Å². The summed E-state index contributed by atoms with van der Waals surface area (Å²) in [6, 6.07) is 10.9. The smallest absolute Gasteiger partial charge is 0.199 e. The molecule has 1 aromatic heterocycles. The summed E-state index contributed by atoms with van der Waals surface area (Å²) in [7, 11) is 0. The average Bonchev–Trinajstić information content (AvgIpc) is 3.14. The summed E-state index contributed by atoms with van der Waals surface area (Å²) < 4.78 is 5.62. The highest BCUT2D eigenvalue weighted by atomic mass is 32.1. The number of unbranched alkanes of at least 4 members (excludes halogenated alkanes) is 1. The molecule has 4 saturated carbocycles. The molecule has 0 atom stereocenters. The minimum atomic E-state index is 0.301. The second kappa shape index (κ2) is 9.51. The summed E-state index contributed by atoms with van der Waals surface area (Å²) in [5.74, 6) is 4.15. The van der Waals surface area contributed by atoms with Crippen molar-refractivity contribution in [2.75, 3.05) is 26.2 Å². The zero-order chi connectivity index (χ0) is 23.1. The van der Waals surface area contributed by atoms with E-state index >= 15 is 0 Å². The average molecular weight is 480 g/mol. The molecule has 1 aliphatic heterocycles. The molecule has 5 aliphatic rings. The molecule has 1 aromatic carbocycles. The van der Waals surface area contributed by atoms with Gasteiger partial charge >= 0.3 is 0 Å². The molecule has 0 N–H and O–H groups in total. The quantitative estimate of drug-likeness (QED) is 0.470. The zero-order valence-electron chi connectivity index (χ0n) is 20.9. The fourth-order valence-corrected chi connectivity index (χ4v) is 8.22. The van der Waals surface area contributed by atoms with Crippen molar-refractivity contribution in [3.05, 3.63) is 46.5 Å². The van der Waals surface area contributed by atoms with Crippen LogP contribution >= 0.6 is 12.2 Å². The van der Waals surface area contributed by atoms with Crippen molar-refractivity contribution in [3.8, 4) is 0 Å². The molecule has 2 heterocycles. The van der Waals surface area contributed by atoms with Gasteiger partial charge in [0.05, 0.1) is 6.67 Å². The van der Waals surface area contributed by atoms with Crippen LogP contribution in [0.2, 0.25) is 0 Å². The van der Waals surface area contributed by atoms with Crippen LogP contribution < -0.4 is 0 Å². The van der Waals surface area contributed by atoms with Crippen LogP contribution in [0.15, 0.2) is 30.3 Å². The maximum absolute atomic E-state index is 6.09.